The lowest BCUT2D eigenvalue weighted by Crippen LogP contribution is -2.31. The Balaban J connectivity index is 2.48. The van der Waals surface area contributed by atoms with Gasteiger partial charge in [-0.15, -0.1) is 0 Å². The van der Waals surface area contributed by atoms with Crippen molar-refractivity contribution in [3.05, 3.63) is 35.1 Å². The third kappa shape index (κ3) is 4.94. The van der Waals surface area contributed by atoms with Crippen LogP contribution < -0.4 is 11.1 Å². The van der Waals surface area contributed by atoms with Gasteiger partial charge in [-0.05, 0) is 11.6 Å². The van der Waals surface area contributed by atoms with Crippen molar-refractivity contribution >= 4 is 5.91 Å². The maximum absolute atomic E-state index is 13.4. The Bertz CT molecular complexity index is 422. The van der Waals surface area contributed by atoms with Crippen molar-refractivity contribution in [3.63, 3.8) is 0 Å². The Morgan fingerprint density at radius 3 is 2.84 bits per heavy atom. The number of nitrogens with one attached hydrogen (secondary N) is 1. The molecule has 106 valence electrons. The highest BCUT2D eigenvalue weighted by molar-refractivity contribution is 5.76. The molecule has 1 unspecified atom stereocenters. The molecule has 1 atom stereocenters. The number of nitrogens with two attached hydrogens (primary N) is 1. The number of amides is 1. The Labute approximate surface area is 111 Å². The summed E-state index contributed by atoms with van der Waals surface area (Å²) in [6.45, 7) is 0.150. The van der Waals surface area contributed by atoms with E-state index >= 15 is 0 Å². The highest BCUT2D eigenvalue weighted by atomic mass is 19.1. The van der Waals surface area contributed by atoms with Crippen molar-refractivity contribution in [2.24, 2.45) is 5.73 Å². The minimum Gasteiger partial charge on any atom is -0.392 e. The van der Waals surface area contributed by atoms with Crippen LogP contribution in [0.1, 0.15) is 17.5 Å². The monoisotopic (exact) mass is 270 g/mol. The first-order valence-electron chi connectivity index (χ1n) is 5.98. The molecule has 0 bridgehead atoms. The van der Waals surface area contributed by atoms with E-state index in [-0.39, 0.29) is 43.7 Å². The molecule has 0 fully saturated rings. The van der Waals surface area contributed by atoms with Gasteiger partial charge in [0.25, 0.3) is 0 Å². The number of carbonyl (C=O) groups excluding carboxylic acids is 1. The summed E-state index contributed by atoms with van der Waals surface area (Å²) in [7, 11) is 1.49. The second kappa shape index (κ2) is 7.83. The molecule has 19 heavy (non-hydrogen) atoms. The van der Waals surface area contributed by atoms with Crippen molar-refractivity contribution in [3.8, 4) is 0 Å². The third-order valence-corrected chi connectivity index (χ3v) is 2.79. The molecule has 1 aromatic rings. The van der Waals surface area contributed by atoms with E-state index in [0.717, 1.165) is 0 Å². The molecule has 4 N–H and O–H groups in total. The summed E-state index contributed by atoms with van der Waals surface area (Å²) < 4.78 is 18.4. The highest BCUT2D eigenvalue weighted by Crippen LogP contribution is 2.10. The van der Waals surface area contributed by atoms with Gasteiger partial charge >= 0.3 is 0 Å². The van der Waals surface area contributed by atoms with Crippen LogP contribution in [0.5, 0.6) is 0 Å². The average molecular weight is 270 g/mol. The van der Waals surface area contributed by atoms with Gasteiger partial charge in [0.1, 0.15) is 5.82 Å². The number of ether oxygens (including phenoxy) is 1. The van der Waals surface area contributed by atoms with Gasteiger partial charge in [-0.25, -0.2) is 4.39 Å². The van der Waals surface area contributed by atoms with Crippen LogP contribution in [-0.2, 0) is 22.7 Å². The average Bonchev–Trinajstić information content (AvgIpc) is 2.42. The summed E-state index contributed by atoms with van der Waals surface area (Å²) in [5, 5.41) is 11.5. The van der Waals surface area contributed by atoms with Crippen molar-refractivity contribution in [1.29, 1.82) is 0 Å². The third-order valence-electron chi connectivity index (χ3n) is 2.79. The number of halogens is 1. The normalized spacial score (nSPS) is 12.2. The summed E-state index contributed by atoms with van der Waals surface area (Å²) in [4.78, 5) is 11.6. The standard InChI is InChI=1S/C13H19FN2O3/c1-19-11(6-15)5-13(18)16-7-9-2-3-10(8-17)12(14)4-9/h2-4,11,17H,5-8,15H2,1H3,(H,16,18). The molecule has 0 saturated heterocycles. The van der Waals surface area contributed by atoms with E-state index in [0.29, 0.717) is 5.56 Å². The van der Waals surface area contributed by atoms with Gasteiger partial charge in [0.2, 0.25) is 5.91 Å². The molecule has 0 radical (unpaired) electrons. The van der Waals surface area contributed by atoms with Crippen LogP contribution >= 0.6 is 0 Å². The topological polar surface area (TPSA) is 84.6 Å². The Hall–Kier alpha value is -1.50. The van der Waals surface area contributed by atoms with E-state index < -0.39 is 5.82 Å². The molecule has 1 rings (SSSR count). The highest BCUT2D eigenvalue weighted by Gasteiger charge is 2.11. The molecule has 0 heterocycles. The lowest BCUT2D eigenvalue weighted by Gasteiger charge is -2.12. The van der Waals surface area contributed by atoms with Gasteiger partial charge in [-0.3, -0.25) is 4.79 Å². The molecule has 1 aromatic carbocycles. The van der Waals surface area contributed by atoms with Gasteiger partial charge in [0.05, 0.1) is 19.1 Å². The summed E-state index contributed by atoms with van der Waals surface area (Å²) in [5.74, 6) is -0.685. The summed E-state index contributed by atoms with van der Waals surface area (Å²) in [5.41, 5.74) is 6.28. The number of aliphatic hydroxyl groups excluding tert-OH is 1. The molecule has 0 aliphatic carbocycles. The lowest BCUT2D eigenvalue weighted by molar-refractivity contribution is -0.123. The van der Waals surface area contributed by atoms with Crippen LogP contribution in [0.25, 0.3) is 0 Å². The maximum Gasteiger partial charge on any atom is 0.222 e. The number of hydrogen-bond donors (Lipinski definition) is 3. The molecule has 0 saturated carbocycles. The van der Waals surface area contributed by atoms with Crippen LogP contribution in [0.4, 0.5) is 4.39 Å². The lowest BCUT2D eigenvalue weighted by atomic mass is 10.1. The Morgan fingerprint density at radius 1 is 1.58 bits per heavy atom. The molecule has 0 spiro atoms. The molecule has 0 aliphatic rings. The SMILES string of the molecule is COC(CN)CC(=O)NCc1ccc(CO)c(F)c1. The Kier molecular flexibility index (Phi) is 6.41. The van der Waals surface area contributed by atoms with E-state index in [4.69, 9.17) is 15.6 Å². The zero-order valence-corrected chi connectivity index (χ0v) is 10.9. The first-order chi connectivity index (χ1) is 9.10. The fourth-order valence-electron chi connectivity index (χ4n) is 1.57. The zero-order chi connectivity index (χ0) is 14.3. The zero-order valence-electron chi connectivity index (χ0n) is 10.9. The van der Waals surface area contributed by atoms with E-state index in [9.17, 15) is 9.18 Å². The molecule has 0 aliphatic heterocycles. The van der Waals surface area contributed by atoms with Crippen LogP contribution in [0, 0.1) is 5.82 Å². The second-order valence-electron chi connectivity index (χ2n) is 4.16. The molecule has 1 amide bonds. The van der Waals surface area contributed by atoms with Crippen LogP contribution in [0.15, 0.2) is 18.2 Å². The van der Waals surface area contributed by atoms with E-state index in [1.807, 2.05) is 0 Å². The van der Waals surface area contributed by atoms with Gasteiger partial charge in [-0.1, -0.05) is 12.1 Å². The number of benzene rings is 1. The van der Waals surface area contributed by atoms with Gasteiger partial charge < -0.3 is 20.9 Å². The minimum atomic E-state index is -0.481. The first-order valence-corrected chi connectivity index (χ1v) is 5.98. The van der Waals surface area contributed by atoms with E-state index in [1.165, 1.54) is 19.2 Å². The molecule has 6 heteroatoms. The number of rotatable bonds is 7. The van der Waals surface area contributed by atoms with Crippen LogP contribution in [0.3, 0.4) is 0 Å². The predicted molar refractivity (Wildman–Crippen MR) is 68.6 cm³/mol. The maximum atomic E-state index is 13.4. The van der Waals surface area contributed by atoms with Crippen LogP contribution in [0.2, 0.25) is 0 Å². The smallest absolute Gasteiger partial charge is 0.222 e. The molecular weight excluding hydrogens is 251 g/mol. The number of hydrogen-bond acceptors (Lipinski definition) is 4. The minimum absolute atomic E-state index is 0.171. The number of carbonyl (C=O) groups is 1. The van der Waals surface area contributed by atoms with Crippen molar-refractivity contribution in [1.82, 2.24) is 5.32 Å². The summed E-state index contributed by atoms with van der Waals surface area (Å²) in [6, 6.07) is 4.45. The summed E-state index contributed by atoms with van der Waals surface area (Å²) in [6.07, 6.45) is -0.141. The molecule has 0 aromatic heterocycles. The predicted octanol–water partition coefficient (Wildman–Crippen LogP) is 0.298. The van der Waals surface area contributed by atoms with Gasteiger partial charge in [0, 0.05) is 25.8 Å². The van der Waals surface area contributed by atoms with Gasteiger partial charge in [-0.2, -0.15) is 0 Å². The fourth-order valence-corrected chi connectivity index (χ4v) is 1.57. The van der Waals surface area contributed by atoms with Gasteiger partial charge in [0.15, 0.2) is 0 Å². The molecule has 5 nitrogen and oxygen atoms in total. The van der Waals surface area contributed by atoms with Crippen molar-refractivity contribution in [2.45, 2.75) is 25.7 Å². The van der Waals surface area contributed by atoms with E-state index in [1.54, 1.807) is 6.07 Å². The molecular formula is C13H19FN2O3. The van der Waals surface area contributed by atoms with Crippen LogP contribution in [-0.4, -0.2) is 30.8 Å². The largest absolute Gasteiger partial charge is 0.392 e. The second-order valence-corrected chi connectivity index (χ2v) is 4.16. The Morgan fingerprint density at radius 2 is 2.32 bits per heavy atom. The first kappa shape index (κ1) is 15.6. The number of aliphatic hydroxyl groups is 1. The number of methoxy groups -OCH3 is 1. The quantitative estimate of drug-likeness (QED) is 0.665. The van der Waals surface area contributed by atoms with Crippen molar-refractivity contribution in [2.75, 3.05) is 13.7 Å². The fraction of sp³-hybridized carbons (Fsp3) is 0.462. The van der Waals surface area contributed by atoms with E-state index in [2.05, 4.69) is 5.32 Å². The van der Waals surface area contributed by atoms with Crippen molar-refractivity contribution < 1.29 is 19.0 Å². The summed E-state index contributed by atoms with van der Waals surface area (Å²) >= 11 is 0.